The van der Waals surface area contributed by atoms with E-state index in [4.69, 9.17) is 0 Å². The van der Waals surface area contributed by atoms with Gasteiger partial charge < -0.3 is 4.57 Å². The third-order valence-electron chi connectivity index (χ3n) is 5.49. The van der Waals surface area contributed by atoms with Gasteiger partial charge in [0.1, 0.15) is 0 Å². The highest BCUT2D eigenvalue weighted by molar-refractivity contribution is 7.78. The summed E-state index contributed by atoms with van der Waals surface area (Å²) < 4.78 is 1.83. The number of hydrogen-bond acceptors (Lipinski definition) is 3. The number of aliphatic imine (C=N–C) groups is 1. The Balaban J connectivity index is 1.64. The van der Waals surface area contributed by atoms with Crippen molar-refractivity contribution in [2.24, 2.45) is 4.99 Å². The number of isothiocyanates is 1. The molecule has 0 unspecified atom stereocenters. The molecular formula is C27H22N2OS. The minimum atomic E-state index is 0.00450. The van der Waals surface area contributed by atoms with Crippen LogP contribution in [0.15, 0.2) is 89.2 Å². The lowest BCUT2D eigenvalue weighted by Gasteiger charge is -2.13. The van der Waals surface area contributed by atoms with Crippen LogP contribution in [0.25, 0.3) is 28.1 Å². The van der Waals surface area contributed by atoms with Gasteiger partial charge in [0.2, 0.25) is 0 Å². The monoisotopic (exact) mass is 422 g/mol. The standard InChI is InChI=1S/C27H22N2OS/c1-3-20-8-13-25-19(2)14-27(30)29(26(25)15-20)17-22-6-11-24(12-7-22)23-9-4-21(5-10-23)16-28-18-31/h3-15H,1,16-17H2,2H3. The summed E-state index contributed by atoms with van der Waals surface area (Å²) in [5.74, 6) is 0. The molecule has 4 heteroatoms. The first kappa shape index (κ1) is 20.7. The van der Waals surface area contributed by atoms with Gasteiger partial charge in [0.25, 0.3) is 5.56 Å². The average Bonchev–Trinajstić information content (AvgIpc) is 2.81. The first-order valence-corrected chi connectivity index (χ1v) is 10.5. The van der Waals surface area contributed by atoms with Crippen molar-refractivity contribution in [2.45, 2.75) is 20.0 Å². The molecule has 1 heterocycles. The van der Waals surface area contributed by atoms with Gasteiger partial charge in [0, 0.05) is 11.5 Å². The quantitative estimate of drug-likeness (QED) is 0.271. The Morgan fingerprint density at radius 3 is 2.23 bits per heavy atom. The summed E-state index contributed by atoms with van der Waals surface area (Å²) in [5.41, 5.74) is 7.36. The second kappa shape index (κ2) is 9.05. The van der Waals surface area contributed by atoms with Gasteiger partial charge in [-0.3, -0.25) is 4.79 Å². The lowest BCUT2D eigenvalue weighted by Crippen LogP contribution is -2.21. The van der Waals surface area contributed by atoms with Crippen molar-refractivity contribution >= 4 is 34.4 Å². The van der Waals surface area contributed by atoms with E-state index < -0.39 is 0 Å². The molecule has 0 bridgehead atoms. The van der Waals surface area contributed by atoms with E-state index in [-0.39, 0.29) is 5.56 Å². The zero-order valence-corrected chi connectivity index (χ0v) is 18.2. The largest absolute Gasteiger partial charge is 0.304 e. The second-order valence-corrected chi connectivity index (χ2v) is 7.72. The lowest BCUT2D eigenvalue weighted by molar-refractivity contribution is 0.793. The Labute approximate surface area is 187 Å². The van der Waals surface area contributed by atoms with E-state index in [1.165, 1.54) is 0 Å². The fourth-order valence-electron chi connectivity index (χ4n) is 3.77. The van der Waals surface area contributed by atoms with Crippen LogP contribution < -0.4 is 5.56 Å². The summed E-state index contributed by atoms with van der Waals surface area (Å²) in [6.07, 6.45) is 1.80. The van der Waals surface area contributed by atoms with Crippen molar-refractivity contribution in [1.82, 2.24) is 4.57 Å². The first-order chi connectivity index (χ1) is 15.1. The van der Waals surface area contributed by atoms with Crippen molar-refractivity contribution in [3.05, 3.63) is 112 Å². The van der Waals surface area contributed by atoms with Crippen molar-refractivity contribution in [1.29, 1.82) is 0 Å². The molecule has 152 valence electrons. The van der Waals surface area contributed by atoms with Crippen LogP contribution in [0, 0.1) is 6.92 Å². The van der Waals surface area contributed by atoms with Crippen LogP contribution in [0.4, 0.5) is 0 Å². The maximum absolute atomic E-state index is 12.8. The van der Waals surface area contributed by atoms with E-state index in [1.54, 1.807) is 12.1 Å². The predicted octanol–water partition coefficient (Wildman–Crippen LogP) is 6.27. The van der Waals surface area contributed by atoms with Crippen molar-refractivity contribution in [3.8, 4) is 11.1 Å². The van der Waals surface area contributed by atoms with Crippen molar-refractivity contribution in [3.63, 3.8) is 0 Å². The highest BCUT2D eigenvalue weighted by Gasteiger charge is 2.08. The molecule has 0 fully saturated rings. The van der Waals surface area contributed by atoms with Crippen LogP contribution in [0.2, 0.25) is 0 Å². The fraction of sp³-hybridized carbons (Fsp3) is 0.111. The van der Waals surface area contributed by atoms with Crippen LogP contribution in [0.5, 0.6) is 0 Å². The molecule has 1 aromatic heterocycles. The molecule has 4 rings (SSSR count). The lowest BCUT2D eigenvalue weighted by atomic mass is 10.0. The van der Waals surface area contributed by atoms with Crippen LogP contribution >= 0.6 is 12.2 Å². The number of pyridine rings is 1. The third-order valence-corrected chi connectivity index (χ3v) is 5.62. The summed E-state index contributed by atoms with van der Waals surface area (Å²) >= 11 is 4.62. The SMILES string of the molecule is C=Cc1ccc2c(C)cc(=O)n(Cc3ccc(-c4ccc(CN=C=S)cc4)cc3)c2c1. The first-order valence-electron chi connectivity index (χ1n) is 10.1. The summed E-state index contributed by atoms with van der Waals surface area (Å²) in [5, 5.41) is 3.48. The molecule has 0 saturated heterocycles. The number of fused-ring (bicyclic) bond motifs is 1. The summed E-state index contributed by atoms with van der Waals surface area (Å²) in [6, 6.07) is 24.4. The van der Waals surface area contributed by atoms with Crippen LogP contribution in [0.1, 0.15) is 22.3 Å². The normalized spacial score (nSPS) is 10.6. The van der Waals surface area contributed by atoms with E-state index in [1.807, 2.05) is 23.6 Å². The molecule has 0 aliphatic carbocycles. The Hall–Kier alpha value is -3.59. The van der Waals surface area contributed by atoms with Crippen molar-refractivity contribution in [2.75, 3.05) is 0 Å². The molecule has 0 amide bonds. The number of aryl methyl sites for hydroxylation is 1. The Morgan fingerprint density at radius 1 is 0.968 bits per heavy atom. The molecule has 0 aliphatic heterocycles. The van der Waals surface area contributed by atoms with Crippen LogP contribution in [0.3, 0.4) is 0 Å². The Kier molecular flexibility index (Phi) is 6.03. The number of hydrogen-bond donors (Lipinski definition) is 0. The van der Waals surface area contributed by atoms with E-state index >= 15 is 0 Å². The molecular weight excluding hydrogens is 400 g/mol. The van der Waals surface area contributed by atoms with E-state index in [9.17, 15) is 4.79 Å². The summed E-state index contributed by atoms with van der Waals surface area (Å²) in [7, 11) is 0. The molecule has 0 N–H and O–H groups in total. The maximum Gasteiger partial charge on any atom is 0.251 e. The molecule has 0 radical (unpaired) electrons. The van der Waals surface area contributed by atoms with Gasteiger partial charge >= 0.3 is 0 Å². The number of rotatable bonds is 6. The van der Waals surface area contributed by atoms with Gasteiger partial charge in [-0.1, -0.05) is 73.3 Å². The Bertz CT molecular complexity index is 1360. The van der Waals surface area contributed by atoms with E-state index in [0.29, 0.717) is 13.1 Å². The fourth-order valence-corrected chi connectivity index (χ4v) is 3.83. The highest BCUT2D eigenvalue weighted by Crippen LogP contribution is 2.23. The molecule has 0 saturated carbocycles. The molecule has 4 aromatic rings. The third kappa shape index (κ3) is 4.46. The molecule has 3 nitrogen and oxygen atoms in total. The van der Waals surface area contributed by atoms with Crippen LogP contribution in [-0.2, 0) is 13.1 Å². The van der Waals surface area contributed by atoms with Gasteiger partial charge in [-0.25, -0.2) is 4.99 Å². The highest BCUT2D eigenvalue weighted by atomic mass is 32.1. The molecule has 0 atom stereocenters. The van der Waals surface area contributed by atoms with Gasteiger partial charge in [-0.2, -0.15) is 0 Å². The van der Waals surface area contributed by atoms with Gasteiger partial charge in [0.15, 0.2) is 0 Å². The molecule has 0 aliphatic rings. The zero-order chi connectivity index (χ0) is 21.8. The minimum absolute atomic E-state index is 0.00450. The maximum atomic E-state index is 12.8. The number of benzene rings is 3. The minimum Gasteiger partial charge on any atom is -0.304 e. The van der Waals surface area contributed by atoms with Gasteiger partial charge in [-0.15, -0.1) is 0 Å². The predicted molar refractivity (Wildman–Crippen MR) is 133 cm³/mol. The summed E-state index contributed by atoms with van der Waals surface area (Å²) in [6.45, 7) is 6.90. The zero-order valence-electron chi connectivity index (χ0n) is 17.3. The van der Waals surface area contributed by atoms with Crippen LogP contribution in [-0.4, -0.2) is 9.73 Å². The summed E-state index contributed by atoms with van der Waals surface area (Å²) in [4.78, 5) is 16.7. The number of aromatic nitrogens is 1. The topological polar surface area (TPSA) is 34.4 Å². The number of thiocarbonyl (C=S) groups is 1. The average molecular weight is 423 g/mol. The number of nitrogens with zero attached hydrogens (tertiary/aromatic N) is 2. The van der Waals surface area contributed by atoms with Gasteiger partial charge in [-0.05, 0) is 58.6 Å². The molecule has 31 heavy (non-hydrogen) atoms. The Morgan fingerprint density at radius 2 is 1.61 bits per heavy atom. The second-order valence-electron chi connectivity index (χ2n) is 7.53. The van der Waals surface area contributed by atoms with Gasteiger partial charge in [0.05, 0.1) is 23.8 Å². The molecule has 3 aromatic carbocycles. The smallest absolute Gasteiger partial charge is 0.251 e. The van der Waals surface area contributed by atoms with E-state index in [0.717, 1.165) is 44.3 Å². The molecule has 0 spiro atoms. The van der Waals surface area contributed by atoms with E-state index in [2.05, 4.69) is 83.5 Å². The van der Waals surface area contributed by atoms with Crippen molar-refractivity contribution < 1.29 is 0 Å².